The molecule has 1 aromatic heterocycles. The van der Waals surface area contributed by atoms with Crippen molar-refractivity contribution in [2.45, 2.75) is 37.9 Å². The Morgan fingerprint density at radius 2 is 2.21 bits per heavy atom. The van der Waals surface area contributed by atoms with Gasteiger partial charge in [0.15, 0.2) is 5.16 Å². The van der Waals surface area contributed by atoms with Crippen molar-refractivity contribution in [3.8, 4) is 0 Å². The van der Waals surface area contributed by atoms with E-state index in [9.17, 15) is 9.59 Å². The van der Waals surface area contributed by atoms with E-state index >= 15 is 0 Å². The van der Waals surface area contributed by atoms with Gasteiger partial charge in [-0.25, -0.2) is 4.98 Å². The minimum atomic E-state index is -0.164. The SMILES string of the molecule is CNC(=O)C1CSc2nc(C(C)(C)C)cc(=O)n2C1. The molecule has 0 aliphatic carbocycles. The molecule has 0 fully saturated rings. The van der Waals surface area contributed by atoms with Gasteiger partial charge in [0.25, 0.3) is 5.56 Å². The molecule has 1 amide bonds. The van der Waals surface area contributed by atoms with Crippen molar-refractivity contribution in [3.05, 3.63) is 22.1 Å². The number of nitrogens with one attached hydrogen (secondary N) is 1. The monoisotopic (exact) mass is 281 g/mol. The minimum absolute atomic E-state index is 0.0232. The molecule has 0 saturated carbocycles. The van der Waals surface area contributed by atoms with Crippen molar-refractivity contribution in [2.24, 2.45) is 5.92 Å². The topological polar surface area (TPSA) is 64.0 Å². The average Bonchev–Trinajstić information content (AvgIpc) is 2.36. The summed E-state index contributed by atoms with van der Waals surface area (Å²) in [4.78, 5) is 28.4. The summed E-state index contributed by atoms with van der Waals surface area (Å²) < 4.78 is 1.60. The van der Waals surface area contributed by atoms with E-state index in [1.54, 1.807) is 17.7 Å². The molecule has 104 valence electrons. The molecule has 1 aliphatic heterocycles. The summed E-state index contributed by atoms with van der Waals surface area (Å²) in [5.41, 5.74) is 0.582. The maximum absolute atomic E-state index is 12.2. The highest BCUT2D eigenvalue weighted by Gasteiger charge is 2.27. The van der Waals surface area contributed by atoms with Gasteiger partial charge in [-0.3, -0.25) is 14.2 Å². The summed E-state index contributed by atoms with van der Waals surface area (Å²) >= 11 is 1.48. The predicted octanol–water partition coefficient (Wildman–Crippen LogP) is 1.01. The molecule has 1 unspecified atom stereocenters. The Balaban J connectivity index is 2.38. The summed E-state index contributed by atoms with van der Waals surface area (Å²) in [7, 11) is 1.62. The Hall–Kier alpha value is -1.30. The van der Waals surface area contributed by atoms with Gasteiger partial charge >= 0.3 is 0 Å². The highest BCUT2D eigenvalue weighted by molar-refractivity contribution is 7.99. The molecule has 0 aromatic carbocycles. The van der Waals surface area contributed by atoms with Crippen LogP contribution in [0.15, 0.2) is 16.0 Å². The molecular formula is C13H19N3O2S. The van der Waals surface area contributed by atoms with Crippen LogP contribution in [-0.2, 0) is 16.8 Å². The number of hydrogen-bond acceptors (Lipinski definition) is 4. The number of carbonyl (C=O) groups is 1. The lowest BCUT2D eigenvalue weighted by Gasteiger charge is -2.26. The lowest BCUT2D eigenvalue weighted by Crippen LogP contribution is -2.39. The largest absolute Gasteiger partial charge is 0.359 e. The van der Waals surface area contributed by atoms with Crippen molar-refractivity contribution < 1.29 is 4.79 Å². The first-order valence-electron chi connectivity index (χ1n) is 6.29. The molecule has 0 bridgehead atoms. The fourth-order valence-corrected chi connectivity index (χ4v) is 3.05. The normalized spacial score (nSPS) is 18.8. The van der Waals surface area contributed by atoms with Gasteiger partial charge in [0.1, 0.15) is 0 Å². The zero-order chi connectivity index (χ0) is 14.2. The quantitative estimate of drug-likeness (QED) is 0.780. The average molecular weight is 281 g/mol. The van der Waals surface area contributed by atoms with Gasteiger partial charge < -0.3 is 5.32 Å². The van der Waals surface area contributed by atoms with Crippen molar-refractivity contribution in [1.29, 1.82) is 0 Å². The first-order chi connectivity index (χ1) is 8.82. The summed E-state index contributed by atoms with van der Waals surface area (Å²) in [5.74, 6) is 0.479. The maximum Gasteiger partial charge on any atom is 0.254 e. The van der Waals surface area contributed by atoms with Crippen LogP contribution in [0.25, 0.3) is 0 Å². The standard InChI is InChI=1S/C13H19N3O2S/c1-13(2,3)9-5-10(17)16-6-8(11(18)14-4)7-19-12(16)15-9/h5,8H,6-7H2,1-4H3,(H,14,18). The van der Waals surface area contributed by atoms with Gasteiger partial charge in [-0.15, -0.1) is 0 Å². The number of aromatic nitrogens is 2. The van der Waals surface area contributed by atoms with Crippen LogP contribution >= 0.6 is 11.8 Å². The lowest BCUT2D eigenvalue weighted by molar-refractivity contribution is -0.124. The van der Waals surface area contributed by atoms with E-state index < -0.39 is 0 Å². The Morgan fingerprint density at radius 1 is 1.53 bits per heavy atom. The summed E-state index contributed by atoms with van der Waals surface area (Å²) in [6.45, 7) is 6.52. The molecule has 0 radical (unpaired) electrons. The van der Waals surface area contributed by atoms with Crippen LogP contribution in [0, 0.1) is 5.92 Å². The van der Waals surface area contributed by atoms with Crippen molar-refractivity contribution >= 4 is 17.7 Å². The summed E-state index contributed by atoms with van der Waals surface area (Å²) in [6.07, 6.45) is 0. The Labute approximate surface area is 116 Å². The van der Waals surface area contributed by atoms with Crippen molar-refractivity contribution in [3.63, 3.8) is 0 Å². The first kappa shape index (κ1) is 14.1. The number of amides is 1. The Morgan fingerprint density at radius 3 is 2.79 bits per heavy atom. The molecular weight excluding hydrogens is 262 g/mol. The van der Waals surface area contributed by atoms with Gasteiger partial charge in [0.05, 0.1) is 11.6 Å². The van der Waals surface area contributed by atoms with Crippen LogP contribution in [0.2, 0.25) is 0 Å². The molecule has 1 aliphatic rings. The molecule has 5 nitrogen and oxygen atoms in total. The van der Waals surface area contributed by atoms with Crippen LogP contribution in [0.4, 0.5) is 0 Å². The zero-order valence-electron chi connectivity index (χ0n) is 11.7. The van der Waals surface area contributed by atoms with Gasteiger partial charge in [-0.2, -0.15) is 0 Å². The second-order valence-electron chi connectivity index (χ2n) is 5.74. The van der Waals surface area contributed by atoms with E-state index in [-0.39, 0.29) is 22.8 Å². The van der Waals surface area contributed by atoms with Crippen molar-refractivity contribution in [1.82, 2.24) is 14.9 Å². The predicted molar refractivity (Wildman–Crippen MR) is 75.5 cm³/mol. The second kappa shape index (κ2) is 5.00. The van der Waals surface area contributed by atoms with Crippen molar-refractivity contribution in [2.75, 3.05) is 12.8 Å². The van der Waals surface area contributed by atoms with E-state index in [0.717, 1.165) is 10.9 Å². The molecule has 1 aromatic rings. The number of thioether (sulfide) groups is 1. The van der Waals surface area contributed by atoms with Crippen LogP contribution < -0.4 is 10.9 Å². The zero-order valence-corrected chi connectivity index (χ0v) is 12.5. The van der Waals surface area contributed by atoms with Gasteiger partial charge in [-0.05, 0) is 0 Å². The number of rotatable bonds is 1. The molecule has 2 rings (SSSR count). The van der Waals surface area contributed by atoms with Crippen LogP contribution in [0.5, 0.6) is 0 Å². The highest BCUT2D eigenvalue weighted by Crippen LogP contribution is 2.27. The highest BCUT2D eigenvalue weighted by atomic mass is 32.2. The molecule has 6 heteroatoms. The third kappa shape index (κ3) is 2.83. The first-order valence-corrected chi connectivity index (χ1v) is 7.28. The fraction of sp³-hybridized carbons (Fsp3) is 0.615. The van der Waals surface area contributed by atoms with Crippen LogP contribution in [0.3, 0.4) is 0 Å². The van der Waals surface area contributed by atoms with E-state index in [1.807, 2.05) is 20.8 Å². The Kier molecular flexibility index (Phi) is 3.71. The second-order valence-corrected chi connectivity index (χ2v) is 6.73. The van der Waals surface area contributed by atoms with E-state index in [0.29, 0.717) is 12.3 Å². The molecule has 19 heavy (non-hydrogen) atoms. The molecule has 1 N–H and O–H groups in total. The van der Waals surface area contributed by atoms with E-state index in [1.165, 1.54) is 11.8 Å². The summed E-state index contributed by atoms with van der Waals surface area (Å²) in [5, 5.41) is 3.35. The molecule has 1 atom stereocenters. The van der Waals surface area contributed by atoms with Gasteiger partial charge in [0.2, 0.25) is 5.91 Å². The van der Waals surface area contributed by atoms with Gasteiger partial charge in [-0.1, -0.05) is 32.5 Å². The molecule has 0 spiro atoms. The third-order valence-electron chi connectivity index (χ3n) is 3.18. The number of hydrogen-bond donors (Lipinski definition) is 1. The lowest BCUT2D eigenvalue weighted by atomic mass is 9.92. The third-order valence-corrected chi connectivity index (χ3v) is 4.31. The Bertz CT molecular complexity index is 560. The molecule has 0 saturated heterocycles. The molecule has 2 heterocycles. The smallest absolute Gasteiger partial charge is 0.254 e. The summed E-state index contributed by atoms with van der Waals surface area (Å²) in [6, 6.07) is 1.58. The van der Waals surface area contributed by atoms with Gasteiger partial charge in [0, 0.05) is 30.8 Å². The minimum Gasteiger partial charge on any atom is -0.359 e. The van der Waals surface area contributed by atoms with E-state index in [4.69, 9.17) is 0 Å². The van der Waals surface area contributed by atoms with E-state index in [2.05, 4.69) is 10.3 Å². The number of fused-ring (bicyclic) bond motifs is 1. The van der Waals surface area contributed by atoms with Crippen LogP contribution in [-0.4, -0.2) is 28.3 Å². The number of nitrogens with zero attached hydrogens (tertiary/aromatic N) is 2. The maximum atomic E-state index is 12.2. The number of carbonyl (C=O) groups excluding carboxylic acids is 1. The van der Waals surface area contributed by atoms with Crippen LogP contribution in [0.1, 0.15) is 26.5 Å². The fourth-order valence-electron chi connectivity index (χ4n) is 1.96.